The van der Waals surface area contributed by atoms with E-state index in [2.05, 4.69) is 15.2 Å². The molecule has 0 bridgehead atoms. The molecule has 3 aromatic carbocycles. The molecule has 0 aliphatic rings. The van der Waals surface area contributed by atoms with Crippen LogP contribution in [0.3, 0.4) is 0 Å². The molecule has 27 heavy (non-hydrogen) atoms. The van der Waals surface area contributed by atoms with Crippen molar-refractivity contribution in [2.24, 2.45) is 10.2 Å². The van der Waals surface area contributed by atoms with Crippen LogP contribution in [-0.4, -0.2) is 23.1 Å². The molecule has 4 rings (SSSR count). The summed E-state index contributed by atoms with van der Waals surface area (Å²) >= 11 is 0. The van der Waals surface area contributed by atoms with Gasteiger partial charge in [-0.1, -0.05) is 24.3 Å². The molecule has 8 heteroatoms. The third-order valence-corrected chi connectivity index (χ3v) is 5.04. The van der Waals surface area contributed by atoms with E-state index in [1.165, 1.54) is 18.2 Å². The fraction of sp³-hybridized carbons (Fsp3) is 0. The topological polar surface area (TPSA) is 112 Å². The highest BCUT2D eigenvalue weighted by Crippen LogP contribution is 2.35. The van der Waals surface area contributed by atoms with Gasteiger partial charge in [0.15, 0.2) is 0 Å². The Balaban J connectivity index is 1.87. The van der Waals surface area contributed by atoms with Crippen LogP contribution in [0.4, 0.5) is 11.4 Å². The first-order valence-electron chi connectivity index (χ1n) is 7.93. The van der Waals surface area contributed by atoms with E-state index in [-0.39, 0.29) is 10.6 Å². The van der Waals surface area contributed by atoms with Gasteiger partial charge in [0.1, 0.15) is 16.2 Å². The summed E-state index contributed by atoms with van der Waals surface area (Å²) in [4.78, 5) is 3.95. The van der Waals surface area contributed by atoms with Gasteiger partial charge in [0, 0.05) is 22.4 Å². The second kappa shape index (κ2) is 6.42. The zero-order valence-corrected chi connectivity index (χ0v) is 14.6. The SMILES string of the molecule is O=S(=O)(O)c1ccc(N=Nc2ccc(O)c3ncccc23)c2ccccc12. The summed E-state index contributed by atoms with van der Waals surface area (Å²) in [5.74, 6) is 0.0486. The minimum Gasteiger partial charge on any atom is -0.506 e. The maximum atomic E-state index is 11.6. The number of phenols is 1. The van der Waals surface area contributed by atoms with Gasteiger partial charge in [-0.3, -0.25) is 9.54 Å². The van der Waals surface area contributed by atoms with E-state index >= 15 is 0 Å². The van der Waals surface area contributed by atoms with Crippen molar-refractivity contribution in [2.75, 3.05) is 0 Å². The minimum absolute atomic E-state index is 0.0486. The summed E-state index contributed by atoms with van der Waals surface area (Å²) in [5, 5.41) is 19.9. The van der Waals surface area contributed by atoms with Gasteiger partial charge in [-0.25, -0.2) is 0 Å². The van der Waals surface area contributed by atoms with Gasteiger partial charge in [-0.15, -0.1) is 10.2 Å². The zero-order valence-electron chi connectivity index (χ0n) is 13.8. The fourth-order valence-electron chi connectivity index (χ4n) is 2.91. The lowest BCUT2D eigenvalue weighted by atomic mass is 10.1. The Morgan fingerprint density at radius 1 is 0.778 bits per heavy atom. The van der Waals surface area contributed by atoms with Crippen LogP contribution in [0.1, 0.15) is 0 Å². The van der Waals surface area contributed by atoms with Crippen molar-refractivity contribution >= 4 is 43.2 Å². The van der Waals surface area contributed by atoms with Crippen LogP contribution in [-0.2, 0) is 10.1 Å². The number of aromatic hydroxyl groups is 1. The number of rotatable bonds is 3. The van der Waals surface area contributed by atoms with Crippen molar-refractivity contribution < 1.29 is 18.1 Å². The van der Waals surface area contributed by atoms with Crippen LogP contribution < -0.4 is 0 Å². The van der Waals surface area contributed by atoms with E-state index in [9.17, 15) is 18.1 Å². The smallest absolute Gasteiger partial charge is 0.295 e. The molecule has 7 nitrogen and oxygen atoms in total. The molecule has 2 N–H and O–H groups in total. The Morgan fingerprint density at radius 2 is 1.41 bits per heavy atom. The molecular formula is C19H13N3O4S. The van der Waals surface area contributed by atoms with Gasteiger partial charge in [-0.2, -0.15) is 8.42 Å². The van der Waals surface area contributed by atoms with Crippen molar-refractivity contribution in [3.8, 4) is 5.75 Å². The van der Waals surface area contributed by atoms with E-state index < -0.39 is 10.1 Å². The quantitative estimate of drug-likeness (QED) is 0.394. The second-order valence-corrected chi connectivity index (χ2v) is 7.20. The van der Waals surface area contributed by atoms with Crippen molar-refractivity contribution in [3.63, 3.8) is 0 Å². The molecule has 0 radical (unpaired) electrons. The highest BCUT2D eigenvalue weighted by molar-refractivity contribution is 7.86. The van der Waals surface area contributed by atoms with Crippen molar-refractivity contribution in [2.45, 2.75) is 4.90 Å². The largest absolute Gasteiger partial charge is 0.506 e. The number of benzene rings is 3. The lowest BCUT2D eigenvalue weighted by Crippen LogP contribution is -1.98. The molecule has 4 aromatic rings. The number of nitrogens with zero attached hydrogens (tertiary/aromatic N) is 3. The van der Waals surface area contributed by atoms with Crippen molar-refractivity contribution in [3.05, 3.63) is 66.9 Å². The Hall–Kier alpha value is -3.36. The number of phenolic OH excluding ortho intramolecular Hbond substituents is 1. The number of azo groups is 1. The van der Waals surface area contributed by atoms with Gasteiger partial charge in [-0.05, 0) is 36.4 Å². The molecule has 1 aromatic heterocycles. The zero-order chi connectivity index (χ0) is 19.0. The van der Waals surface area contributed by atoms with Crippen LogP contribution in [0.15, 0.2) is 82.0 Å². The summed E-state index contributed by atoms with van der Waals surface area (Å²) in [6.45, 7) is 0. The molecule has 0 aliphatic carbocycles. The van der Waals surface area contributed by atoms with E-state index in [1.54, 1.807) is 48.7 Å². The van der Waals surface area contributed by atoms with Gasteiger partial charge in [0.05, 0.1) is 11.4 Å². The highest BCUT2D eigenvalue weighted by atomic mass is 32.2. The standard InChI is InChI=1S/C19H13N3O4S/c23-17-9-7-16(14-6-3-11-20-19(14)17)22-21-15-8-10-18(27(24,25)26)13-5-2-1-4-12(13)15/h1-11,23H,(H,24,25,26). The first-order valence-corrected chi connectivity index (χ1v) is 9.37. The van der Waals surface area contributed by atoms with E-state index in [4.69, 9.17) is 0 Å². The van der Waals surface area contributed by atoms with E-state index in [1.807, 2.05) is 0 Å². The highest BCUT2D eigenvalue weighted by Gasteiger charge is 2.15. The number of hydrogen-bond acceptors (Lipinski definition) is 6. The maximum absolute atomic E-state index is 11.6. The van der Waals surface area contributed by atoms with Crippen LogP contribution in [0.25, 0.3) is 21.7 Å². The van der Waals surface area contributed by atoms with Crippen LogP contribution in [0, 0.1) is 0 Å². The van der Waals surface area contributed by atoms with Crippen LogP contribution in [0.5, 0.6) is 5.75 Å². The normalized spacial score (nSPS) is 12.2. The lowest BCUT2D eigenvalue weighted by molar-refractivity contribution is 0.480. The van der Waals surface area contributed by atoms with Gasteiger partial charge in [0.2, 0.25) is 0 Å². The molecule has 0 saturated carbocycles. The maximum Gasteiger partial charge on any atom is 0.295 e. The monoisotopic (exact) mass is 379 g/mol. The van der Waals surface area contributed by atoms with Crippen molar-refractivity contribution in [1.29, 1.82) is 0 Å². The van der Waals surface area contributed by atoms with Crippen molar-refractivity contribution in [1.82, 2.24) is 4.98 Å². The molecule has 0 spiro atoms. The number of pyridine rings is 1. The molecule has 1 heterocycles. The number of fused-ring (bicyclic) bond motifs is 2. The predicted octanol–water partition coefficient (Wildman–Crippen LogP) is 4.76. The molecule has 0 aliphatic heterocycles. The van der Waals surface area contributed by atoms with Gasteiger partial charge in [0.25, 0.3) is 10.1 Å². The summed E-state index contributed by atoms with van der Waals surface area (Å²) in [6, 6.07) is 16.1. The van der Waals surface area contributed by atoms with E-state index in [0.29, 0.717) is 33.1 Å². The Labute approximate surface area is 154 Å². The lowest BCUT2D eigenvalue weighted by Gasteiger charge is -2.06. The molecule has 0 fully saturated rings. The third kappa shape index (κ3) is 3.12. The summed E-state index contributed by atoms with van der Waals surface area (Å²) in [6.07, 6.45) is 1.57. The average Bonchev–Trinajstić information content (AvgIpc) is 2.66. The first kappa shape index (κ1) is 17.1. The Morgan fingerprint density at radius 3 is 2.15 bits per heavy atom. The second-order valence-electron chi connectivity index (χ2n) is 5.81. The van der Waals surface area contributed by atoms with Crippen LogP contribution >= 0.6 is 0 Å². The number of aromatic nitrogens is 1. The first-order chi connectivity index (χ1) is 12.9. The molecule has 0 saturated heterocycles. The molecule has 134 valence electrons. The van der Waals surface area contributed by atoms with Gasteiger partial charge >= 0.3 is 0 Å². The van der Waals surface area contributed by atoms with E-state index in [0.717, 1.165) is 0 Å². The summed E-state index contributed by atoms with van der Waals surface area (Å²) < 4.78 is 32.6. The number of hydrogen-bond donors (Lipinski definition) is 2. The molecule has 0 unspecified atom stereocenters. The average molecular weight is 379 g/mol. The van der Waals surface area contributed by atoms with Crippen LogP contribution in [0.2, 0.25) is 0 Å². The van der Waals surface area contributed by atoms with Gasteiger partial charge < -0.3 is 5.11 Å². The Bertz CT molecular complexity index is 1320. The third-order valence-electron chi connectivity index (χ3n) is 4.13. The molecular weight excluding hydrogens is 366 g/mol. The summed E-state index contributed by atoms with van der Waals surface area (Å²) in [5.41, 5.74) is 1.38. The minimum atomic E-state index is -4.36. The molecule has 0 atom stereocenters. The molecule has 0 amide bonds. The fourth-order valence-corrected chi connectivity index (χ4v) is 3.60. The predicted molar refractivity (Wildman–Crippen MR) is 101 cm³/mol. The summed E-state index contributed by atoms with van der Waals surface area (Å²) in [7, 11) is -4.36. The Kier molecular flexibility index (Phi) is 4.06.